The summed E-state index contributed by atoms with van der Waals surface area (Å²) in [5.74, 6) is 0.672. The second kappa shape index (κ2) is 5.52. The van der Waals surface area contributed by atoms with Crippen LogP contribution in [0.3, 0.4) is 0 Å². The molecular formula is C13H13N3OS. The zero-order valence-corrected chi connectivity index (χ0v) is 11.0. The van der Waals surface area contributed by atoms with Gasteiger partial charge in [0, 0.05) is 11.1 Å². The Hall–Kier alpha value is -2.06. The average molecular weight is 259 g/mol. The van der Waals surface area contributed by atoms with Gasteiger partial charge in [0.15, 0.2) is 0 Å². The van der Waals surface area contributed by atoms with E-state index in [2.05, 4.69) is 16.4 Å². The summed E-state index contributed by atoms with van der Waals surface area (Å²) < 4.78 is 5.28. The van der Waals surface area contributed by atoms with E-state index in [-0.39, 0.29) is 6.04 Å². The zero-order chi connectivity index (χ0) is 13.0. The molecule has 0 fully saturated rings. The summed E-state index contributed by atoms with van der Waals surface area (Å²) in [5, 5.41) is 12.4. The number of hydrogen-bond acceptors (Lipinski definition) is 5. The third-order valence-electron chi connectivity index (χ3n) is 2.61. The van der Waals surface area contributed by atoms with Crippen LogP contribution >= 0.6 is 11.3 Å². The van der Waals surface area contributed by atoms with Gasteiger partial charge in [-0.2, -0.15) is 5.26 Å². The summed E-state index contributed by atoms with van der Waals surface area (Å²) in [5.41, 5.74) is 3.09. The molecule has 0 radical (unpaired) electrons. The molecule has 0 saturated carbocycles. The van der Waals surface area contributed by atoms with Crippen molar-refractivity contribution in [1.29, 1.82) is 5.26 Å². The lowest BCUT2D eigenvalue weighted by Crippen LogP contribution is -2.07. The molecule has 1 N–H and O–H groups in total. The number of aromatic nitrogens is 1. The van der Waals surface area contributed by atoms with Gasteiger partial charge in [-0.3, -0.25) is 4.98 Å². The van der Waals surface area contributed by atoms with E-state index in [1.54, 1.807) is 36.1 Å². The van der Waals surface area contributed by atoms with Gasteiger partial charge in [-0.05, 0) is 19.1 Å². The summed E-state index contributed by atoms with van der Waals surface area (Å²) in [6.45, 7) is 2.03. The molecule has 1 aromatic carbocycles. The van der Waals surface area contributed by atoms with Gasteiger partial charge in [0.25, 0.3) is 0 Å². The van der Waals surface area contributed by atoms with E-state index in [4.69, 9.17) is 10.00 Å². The molecule has 1 aromatic heterocycles. The molecule has 1 heterocycles. The summed E-state index contributed by atoms with van der Waals surface area (Å²) >= 11 is 1.58. The topological polar surface area (TPSA) is 57.9 Å². The number of nitrogens with one attached hydrogen (secondary N) is 1. The second-order valence-corrected chi connectivity index (χ2v) is 4.68. The Kier molecular flexibility index (Phi) is 3.80. The summed E-state index contributed by atoms with van der Waals surface area (Å²) in [6, 6.07) is 7.66. The van der Waals surface area contributed by atoms with E-state index in [0.29, 0.717) is 11.3 Å². The van der Waals surface area contributed by atoms with Crippen molar-refractivity contribution < 1.29 is 4.74 Å². The van der Waals surface area contributed by atoms with Crippen molar-refractivity contribution in [2.24, 2.45) is 0 Å². The van der Waals surface area contributed by atoms with Gasteiger partial charge < -0.3 is 10.1 Å². The monoisotopic (exact) mass is 259 g/mol. The third-order valence-corrected chi connectivity index (χ3v) is 3.56. The molecule has 0 amide bonds. The minimum atomic E-state index is 0.0842. The van der Waals surface area contributed by atoms with Gasteiger partial charge >= 0.3 is 0 Å². The van der Waals surface area contributed by atoms with Gasteiger partial charge in [-0.15, -0.1) is 11.3 Å². The number of nitrogens with zero attached hydrogens (tertiary/aromatic N) is 2. The number of para-hydroxylation sites is 1. The van der Waals surface area contributed by atoms with Crippen LogP contribution in [0.5, 0.6) is 5.75 Å². The van der Waals surface area contributed by atoms with Gasteiger partial charge in [0.05, 0.1) is 29.9 Å². The Bertz CT molecular complexity index is 560. The van der Waals surface area contributed by atoms with Crippen LogP contribution in [0.25, 0.3) is 0 Å². The molecule has 0 aliphatic heterocycles. The molecule has 4 nitrogen and oxygen atoms in total. The Morgan fingerprint density at radius 3 is 2.94 bits per heavy atom. The molecule has 1 unspecified atom stereocenters. The minimum Gasteiger partial charge on any atom is -0.495 e. The highest BCUT2D eigenvalue weighted by Crippen LogP contribution is 2.31. The normalized spacial score (nSPS) is 11.6. The maximum atomic E-state index is 9.13. The molecule has 2 aromatic rings. The first-order valence-electron chi connectivity index (χ1n) is 5.48. The number of ether oxygens (including phenoxy) is 1. The van der Waals surface area contributed by atoms with Crippen molar-refractivity contribution in [1.82, 2.24) is 4.98 Å². The standard InChI is InChI=1S/C13H13N3OS/c1-9(12-7-15-8-18-12)16-13-10(6-14)4-3-5-11(13)17-2/h3-5,7-9,16H,1-2H3. The van der Waals surface area contributed by atoms with Crippen LogP contribution in [0.4, 0.5) is 5.69 Å². The maximum Gasteiger partial charge on any atom is 0.143 e. The molecule has 0 spiro atoms. The number of benzene rings is 1. The van der Waals surface area contributed by atoms with Crippen LogP contribution in [0.15, 0.2) is 29.9 Å². The fourth-order valence-corrected chi connectivity index (χ4v) is 2.30. The van der Waals surface area contributed by atoms with Crippen LogP contribution in [0.1, 0.15) is 23.4 Å². The lowest BCUT2D eigenvalue weighted by Gasteiger charge is -2.17. The third kappa shape index (κ3) is 2.44. The predicted molar refractivity (Wildman–Crippen MR) is 71.9 cm³/mol. The summed E-state index contributed by atoms with van der Waals surface area (Å²) in [7, 11) is 1.60. The highest BCUT2D eigenvalue weighted by molar-refractivity contribution is 7.09. The first kappa shape index (κ1) is 12.4. The highest BCUT2D eigenvalue weighted by atomic mass is 32.1. The van der Waals surface area contributed by atoms with E-state index in [0.717, 1.165) is 10.6 Å². The molecule has 2 rings (SSSR count). The van der Waals surface area contributed by atoms with E-state index >= 15 is 0 Å². The summed E-state index contributed by atoms with van der Waals surface area (Å²) in [6.07, 6.45) is 1.82. The molecule has 0 bridgehead atoms. The molecule has 92 valence electrons. The van der Waals surface area contributed by atoms with Gasteiger partial charge in [0.1, 0.15) is 11.8 Å². The smallest absolute Gasteiger partial charge is 0.143 e. The first-order chi connectivity index (χ1) is 8.76. The van der Waals surface area contributed by atoms with Crippen LogP contribution in [-0.2, 0) is 0 Å². The van der Waals surface area contributed by atoms with E-state index in [1.165, 1.54) is 0 Å². The quantitative estimate of drug-likeness (QED) is 0.916. The zero-order valence-electron chi connectivity index (χ0n) is 10.2. The molecule has 1 atom stereocenters. The van der Waals surface area contributed by atoms with Crippen LogP contribution in [0.2, 0.25) is 0 Å². The molecule has 0 aliphatic rings. The predicted octanol–water partition coefficient (Wildman–Crippen LogP) is 3.20. The van der Waals surface area contributed by atoms with E-state index in [9.17, 15) is 0 Å². The maximum absolute atomic E-state index is 9.13. The van der Waals surface area contributed by atoms with Gasteiger partial charge in [-0.1, -0.05) is 6.07 Å². The Morgan fingerprint density at radius 2 is 2.33 bits per heavy atom. The van der Waals surface area contributed by atoms with Crippen molar-refractivity contribution in [3.05, 3.63) is 40.3 Å². The number of hydrogen-bond donors (Lipinski definition) is 1. The number of anilines is 1. The van der Waals surface area contributed by atoms with Crippen LogP contribution < -0.4 is 10.1 Å². The van der Waals surface area contributed by atoms with E-state index < -0.39 is 0 Å². The molecular weight excluding hydrogens is 246 g/mol. The Labute approximate surface area is 110 Å². The minimum absolute atomic E-state index is 0.0842. The number of methoxy groups -OCH3 is 1. The summed E-state index contributed by atoms with van der Waals surface area (Å²) in [4.78, 5) is 5.17. The van der Waals surface area contributed by atoms with Crippen molar-refractivity contribution in [2.45, 2.75) is 13.0 Å². The molecule has 0 saturated heterocycles. The Balaban J connectivity index is 2.31. The fraction of sp³-hybridized carbons (Fsp3) is 0.231. The van der Waals surface area contributed by atoms with Crippen LogP contribution in [0, 0.1) is 11.3 Å². The number of thiazole rings is 1. The second-order valence-electron chi connectivity index (χ2n) is 3.76. The average Bonchev–Trinajstić information content (AvgIpc) is 2.93. The fourth-order valence-electron chi connectivity index (χ4n) is 1.67. The largest absolute Gasteiger partial charge is 0.495 e. The van der Waals surface area contributed by atoms with Crippen molar-refractivity contribution >= 4 is 17.0 Å². The van der Waals surface area contributed by atoms with Gasteiger partial charge in [0.2, 0.25) is 0 Å². The lowest BCUT2D eigenvalue weighted by molar-refractivity contribution is 0.416. The lowest BCUT2D eigenvalue weighted by atomic mass is 10.1. The first-order valence-corrected chi connectivity index (χ1v) is 6.36. The van der Waals surface area contributed by atoms with E-state index in [1.807, 2.05) is 19.2 Å². The molecule has 18 heavy (non-hydrogen) atoms. The molecule has 0 aliphatic carbocycles. The SMILES string of the molecule is COc1cccc(C#N)c1NC(C)c1cncs1. The van der Waals surface area contributed by atoms with Crippen molar-refractivity contribution in [3.63, 3.8) is 0 Å². The van der Waals surface area contributed by atoms with Crippen molar-refractivity contribution in [2.75, 3.05) is 12.4 Å². The van der Waals surface area contributed by atoms with Crippen LogP contribution in [-0.4, -0.2) is 12.1 Å². The Morgan fingerprint density at radius 1 is 1.50 bits per heavy atom. The van der Waals surface area contributed by atoms with Crippen molar-refractivity contribution in [3.8, 4) is 11.8 Å². The number of nitriles is 1. The van der Waals surface area contributed by atoms with Gasteiger partial charge in [-0.25, -0.2) is 0 Å². The molecule has 5 heteroatoms. The highest BCUT2D eigenvalue weighted by Gasteiger charge is 2.13. The number of rotatable bonds is 4.